The fraction of sp³-hybridized carbons (Fsp3) is 0.222. The lowest BCUT2D eigenvalue weighted by atomic mass is 10.2. The fourth-order valence-corrected chi connectivity index (χ4v) is 2.56. The van der Waals surface area contributed by atoms with Crippen LogP contribution in [0.2, 0.25) is 5.02 Å². The van der Waals surface area contributed by atoms with Crippen LogP contribution in [0.5, 0.6) is 0 Å². The number of esters is 1. The third-order valence-corrected chi connectivity index (χ3v) is 3.68. The Bertz CT molecular complexity index is 716. The van der Waals surface area contributed by atoms with Gasteiger partial charge in [0, 0.05) is 16.3 Å². The highest BCUT2D eigenvalue weighted by Gasteiger charge is 2.12. The standard InChI is InChI=1S/C18H19ClN2O3/c1-21(11-13-4-3-5-15(19)10-13)12-17(22)20-16-8-6-14(7-9-16)18(23)24-2/h3-10H,11-12H2,1-2H3,(H,20,22)/p+1. The number of methoxy groups -OCH3 is 1. The van der Waals surface area contributed by atoms with Gasteiger partial charge in [-0.2, -0.15) is 0 Å². The van der Waals surface area contributed by atoms with Crippen LogP contribution < -0.4 is 10.2 Å². The number of carbonyl (C=O) groups excluding carboxylic acids is 2. The van der Waals surface area contributed by atoms with Crippen LogP contribution in [0.4, 0.5) is 5.69 Å². The zero-order valence-electron chi connectivity index (χ0n) is 13.6. The Kier molecular flexibility index (Phi) is 6.35. The van der Waals surface area contributed by atoms with Crippen LogP contribution in [0.15, 0.2) is 48.5 Å². The van der Waals surface area contributed by atoms with Crippen molar-refractivity contribution in [3.63, 3.8) is 0 Å². The van der Waals surface area contributed by atoms with Gasteiger partial charge in [-0.3, -0.25) is 4.79 Å². The summed E-state index contributed by atoms with van der Waals surface area (Å²) in [5.41, 5.74) is 2.16. The molecule has 6 heteroatoms. The van der Waals surface area contributed by atoms with Crippen molar-refractivity contribution < 1.29 is 19.2 Å². The average molecular weight is 348 g/mol. The summed E-state index contributed by atoms with van der Waals surface area (Å²) in [6.45, 7) is 1.03. The number of quaternary nitrogens is 1. The Labute approximate surface area is 146 Å². The molecule has 0 aliphatic rings. The SMILES string of the molecule is COC(=O)c1ccc(NC(=O)C[NH+](C)Cc2cccc(Cl)c2)cc1. The van der Waals surface area contributed by atoms with Gasteiger partial charge in [-0.05, 0) is 36.4 Å². The molecule has 0 fully saturated rings. The molecule has 1 atom stereocenters. The lowest BCUT2D eigenvalue weighted by Gasteiger charge is -2.14. The number of halogens is 1. The van der Waals surface area contributed by atoms with Crippen molar-refractivity contribution >= 4 is 29.2 Å². The second-order valence-electron chi connectivity index (χ2n) is 5.56. The topological polar surface area (TPSA) is 59.8 Å². The first-order valence-corrected chi connectivity index (χ1v) is 7.89. The summed E-state index contributed by atoms with van der Waals surface area (Å²) in [6, 6.07) is 14.2. The number of rotatable bonds is 6. The van der Waals surface area contributed by atoms with Crippen LogP contribution in [0.1, 0.15) is 15.9 Å². The van der Waals surface area contributed by atoms with E-state index in [4.69, 9.17) is 11.6 Å². The van der Waals surface area contributed by atoms with Gasteiger partial charge in [0.2, 0.25) is 0 Å². The predicted octanol–water partition coefficient (Wildman–Crippen LogP) is 1.78. The van der Waals surface area contributed by atoms with Gasteiger partial charge in [0.15, 0.2) is 6.54 Å². The van der Waals surface area contributed by atoms with Crippen molar-refractivity contribution in [2.24, 2.45) is 0 Å². The van der Waals surface area contributed by atoms with E-state index in [1.54, 1.807) is 24.3 Å². The summed E-state index contributed by atoms with van der Waals surface area (Å²) in [7, 11) is 3.28. The first-order valence-electron chi connectivity index (χ1n) is 7.52. The van der Waals surface area contributed by atoms with E-state index >= 15 is 0 Å². The normalized spacial score (nSPS) is 11.6. The molecule has 5 nitrogen and oxygen atoms in total. The third-order valence-electron chi connectivity index (χ3n) is 3.45. The van der Waals surface area contributed by atoms with Gasteiger partial charge in [0.25, 0.3) is 5.91 Å². The van der Waals surface area contributed by atoms with Crippen molar-refractivity contribution in [2.45, 2.75) is 6.54 Å². The van der Waals surface area contributed by atoms with E-state index in [2.05, 4.69) is 10.1 Å². The summed E-state index contributed by atoms with van der Waals surface area (Å²) >= 11 is 5.97. The molecule has 0 aliphatic heterocycles. The molecule has 0 radical (unpaired) electrons. The van der Waals surface area contributed by atoms with Gasteiger partial charge in [0.1, 0.15) is 6.54 Å². The maximum Gasteiger partial charge on any atom is 0.337 e. The van der Waals surface area contributed by atoms with Crippen molar-refractivity contribution in [1.29, 1.82) is 0 Å². The van der Waals surface area contributed by atoms with Crippen LogP contribution in [0, 0.1) is 0 Å². The van der Waals surface area contributed by atoms with Crippen molar-refractivity contribution in [3.05, 3.63) is 64.7 Å². The van der Waals surface area contributed by atoms with Crippen LogP contribution in [0.3, 0.4) is 0 Å². The van der Waals surface area contributed by atoms with E-state index in [9.17, 15) is 9.59 Å². The number of likely N-dealkylation sites (N-methyl/N-ethyl adjacent to an activating group) is 1. The minimum atomic E-state index is -0.404. The summed E-state index contributed by atoms with van der Waals surface area (Å²) in [4.78, 5) is 24.5. The van der Waals surface area contributed by atoms with Crippen molar-refractivity contribution in [2.75, 3.05) is 26.0 Å². The Balaban J connectivity index is 1.87. The minimum absolute atomic E-state index is 0.0969. The monoisotopic (exact) mass is 347 g/mol. The van der Waals surface area contributed by atoms with Gasteiger partial charge in [0.05, 0.1) is 19.7 Å². The second kappa shape index (κ2) is 8.47. The largest absolute Gasteiger partial charge is 0.465 e. The molecule has 1 amide bonds. The summed E-state index contributed by atoms with van der Waals surface area (Å²) in [5.74, 6) is -0.501. The minimum Gasteiger partial charge on any atom is -0.465 e. The molecule has 0 heterocycles. The molecule has 0 saturated heterocycles. The Morgan fingerprint density at radius 3 is 2.50 bits per heavy atom. The molecule has 2 N–H and O–H groups in total. The van der Waals surface area contributed by atoms with Crippen molar-refractivity contribution in [3.8, 4) is 0 Å². The fourth-order valence-electron chi connectivity index (χ4n) is 2.34. The first kappa shape index (κ1) is 18.0. The molecule has 0 aromatic heterocycles. The number of amides is 1. The van der Waals surface area contributed by atoms with E-state index in [1.165, 1.54) is 7.11 Å². The summed E-state index contributed by atoms with van der Waals surface area (Å²) in [5, 5.41) is 3.51. The van der Waals surface area contributed by atoms with E-state index < -0.39 is 5.97 Å². The van der Waals surface area contributed by atoms with Crippen LogP contribution in [0.25, 0.3) is 0 Å². The van der Waals surface area contributed by atoms with Gasteiger partial charge in [-0.25, -0.2) is 4.79 Å². The van der Waals surface area contributed by atoms with Gasteiger partial charge in [-0.1, -0.05) is 23.7 Å². The number of nitrogens with one attached hydrogen (secondary N) is 2. The molecule has 126 valence electrons. The van der Waals surface area contributed by atoms with Crippen LogP contribution in [-0.4, -0.2) is 32.6 Å². The number of ether oxygens (including phenoxy) is 1. The molecular weight excluding hydrogens is 328 g/mol. The highest BCUT2D eigenvalue weighted by molar-refractivity contribution is 6.30. The second-order valence-corrected chi connectivity index (χ2v) is 5.99. The summed E-state index contributed by atoms with van der Waals surface area (Å²) in [6.07, 6.45) is 0. The van der Waals surface area contributed by atoms with Gasteiger partial charge < -0.3 is 15.0 Å². The van der Waals surface area contributed by atoms with E-state index in [-0.39, 0.29) is 5.91 Å². The van der Waals surface area contributed by atoms with Gasteiger partial charge >= 0.3 is 5.97 Å². The maximum atomic E-state index is 12.1. The number of anilines is 1. The van der Waals surface area contributed by atoms with Crippen molar-refractivity contribution in [1.82, 2.24) is 0 Å². The highest BCUT2D eigenvalue weighted by Crippen LogP contribution is 2.10. The lowest BCUT2D eigenvalue weighted by molar-refractivity contribution is -0.885. The molecule has 0 aliphatic carbocycles. The molecule has 2 rings (SSSR count). The quantitative estimate of drug-likeness (QED) is 0.783. The first-order chi connectivity index (χ1) is 11.5. The van der Waals surface area contributed by atoms with Crippen LogP contribution >= 0.6 is 11.6 Å². The highest BCUT2D eigenvalue weighted by atomic mass is 35.5. The summed E-state index contributed by atoms with van der Waals surface area (Å²) < 4.78 is 4.64. The molecule has 24 heavy (non-hydrogen) atoms. The molecule has 2 aromatic carbocycles. The van der Waals surface area contributed by atoms with E-state index in [1.807, 2.05) is 31.3 Å². The van der Waals surface area contributed by atoms with E-state index in [0.717, 1.165) is 10.5 Å². The maximum absolute atomic E-state index is 12.1. The molecular formula is C18H20ClN2O3+. The Hall–Kier alpha value is -2.37. The molecule has 0 bridgehead atoms. The predicted molar refractivity (Wildman–Crippen MR) is 93.3 cm³/mol. The van der Waals surface area contributed by atoms with Crippen LogP contribution in [-0.2, 0) is 16.1 Å². The Morgan fingerprint density at radius 2 is 1.88 bits per heavy atom. The molecule has 0 spiro atoms. The molecule has 2 aromatic rings. The zero-order valence-corrected chi connectivity index (χ0v) is 14.4. The van der Waals surface area contributed by atoms with E-state index in [0.29, 0.717) is 29.4 Å². The average Bonchev–Trinajstić information content (AvgIpc) is 2.54. The smallest absolute Gasteiger partial charge is 0.337 e. The third kappa shape index (κ3) is 5.37. The lowest BCUT2D eigenvalue weighted by Crippen LogP contribution is -3.08. The number of hydrogen-bond acceptors (Lipinski definition) is 3. The number of carbonyl (C=O) groups is 2. The molecule has 1 unspecified atom stereocenters. The number of hydrogen-bond donors (Lipinski definition) is 2. The van der Waals surface area contributed by atoms with Gasteiger partial charge in [-0.15, -0.1) is 0 Å². The zero-order chi connectivity index (χ0) is 17.5. The number of benzene rings is 2. The molecule has 0 saturated carbocycles. The Morgan fingerprint density at radius 1 is 1.17 bits per heavy atom.